The minimum Gasteiger partial charge on any atom is -0.481 e. The van der Waals surface area contributed by atoms with Crippen LogP contribution in [0.25, 0.3) is 0 Å². The minimum absolute atomic E-state index is 0. The number of aliphatic carboxylic acids is 1. The maximum Gasteiger partial charge on any atom is 1.00 e. The largest absolute Gasteiger partial charge is 1.00 e. The van der Waals surface area contributed by atoms with E-state index in [1.165, 1.54) is 0 Å². The first-order chi connectivity index (χ1) is 7.39. The molecule has 1 aromatic heterocycles. The fourth-order valence-corrected chi connectivity index (χ4v) is 0.906. The smallest absolute Gasteiger partial charge is 0.481 e. The number of hydrogen-bond donors (Lipinski definition) is 1. The first-order valence-corrected chi connectivity index (χ1v) is 4.34. The van der Waals surface area contributed by atoms with Crippen molar-refractivity contribution in [2.75, 3.05) is 0 Å². The molecule has 17 heavy (non-hydrogen) atoms. The number of pyridine rings is 1. The van der Waals surface area contributed by atoms with Crippen molar-refractivity contribution in [2.45, 2.75) is 19.5 Å². The molecule has 0 radical (unpaired) electrons. The zero-order chi connectivity index (χ0) is 12.8. The number of carboxylic acid groups (broad SMARTS) is 1. The number of nitrogens with zero attached hydrogens (tertiary/aromatic N) is 1. The van der Waals surface area contributed by atoms with Gasteiger partial charge in [0.1, 0.15) is 0 Å². The maximum absolute atomic E-state index is 12.1. The molecule has 0 atom stereocenters. The molecular formula is C10H11F3LiNO2. The molecule has 1 heterocycles. The molecule has 0 amide bonds. The van der Waals surface area contributed by atoms with Gasteiger partial charge in [0.2, 0.25) is 0 Å². The van der Waals surface area contributed by atoms with Crippen LogP contribution in [0.5, 0.6) is 0 Å². The first kappa shape index (κ1) is 18.4. The second-order valence-corrected chi connectivity index (χ2v) is 2.60. The zero-order valence-corrected chi connectivity index (χ0v) is 9.58. The SMILES string of the molecule is O=C(O)Cc1cc(C(F)(F)F)ccn1.[CH2-]C.[Li+]. The van der Waals surface area contributed by atoms with Gasteiger partial charge in [-0.1, -0.05) is 0 Å². The van der Waals surface area contributed by atoms with E-state index < -0.39 is 24.1 Å². The van der Waals surface area contributed by atoms with Crippen molar-refractivity contribution < 1.29 is 41.9 Å². The Bertz CT molecular complexity index is 356. The van der Waals surface area contributed by atoms with E-state index in [-0.39, 0.29) is 24.6 Å². The van der Waals surface area contributed by atoms with Gasteiger partial charge >= 0.3 is 31.0 Å². The van der Waals surface area contributed by atoms with Gasteiger partial charge < -0.3 is 12.0 Å². The average Bonchev–Trinajstić information content (AvgIpc) is 2.19. The monoisotopic (exact) mass is 241 g/mol. The van der Waals surface area contributed by atoms with Gasteiger partial charge in [0.05, 0.1) is 17.7 Å². The summed E-state index contributed by atoms with van der Waals surface area (Å²) >= 11 is 0. The summed E-state index contributed by atoms with van der Waals surface area (Å²) in [6, 6.07) is 1.53. The van der Waals surface area contributed by atoms with E-state index >= 15 is 0 Å². The van der Waals surface area contributed by atoms with Crippen molar-refractivity contribution in [3.05, 3.63) is 36.5 Å². The van der Waals surface area contributed by atoms with Crippen LogP contribution >= 0.6 is 0 Å². The summed E-state index contributed by atoms with van der Waals surface area (Å²) in [5.41, 5.74) is -0.990. The Labute approximate surface area is 109 Å². The standard InChI is InChI=1S/C8H6F3NO2.C2H5.Li/c9-8(10,11)5-1-2-12-6(3-5)4-7(13)14;1-2;/h1-3H,4H2,(H,13,14);1H2,2H3;/q;-1;+1. The Balaban J connectivity index is 0. The molecule has 1 aromatic rings. The van der Waals surface area contributed by atoms with Crippen LogP contribution in [0.1, 0.15) is 18.2 Å². The Morgan fingerprint density at radius 3 is 2.41 bits per heavy atom. The molecule has 7 heteroatoms. The fourth-order valence-electron chi connectivity index (χ4n) is 0.906. The van der Waals surface area contributed by atoms with E-state index in [9.17, 15) is 18.0 Å². The Morgan fingerprint density at radius 2 is 2.00 bits per heavy atom. The predicted octanol–water partition coefficient (Wildman–Crippen LogP) is -0.428. The van der Waals surface area contributed by atoms with Crippen LogP contribution in [-0.4, -0.2) is 16.1 Å². The summed E-state index contributed by atoms with van der Waals surface area (Å²) in [6.07, 6.45) is -4.03. The molecule has 0 fully saturated rings. The van der Waals surface area contributed by atoms with Gasteiger partial charge in [-0.15, -0.1) is 0 Å². The summed E-state index contributed by atoms with van der Waals surface area (Å²) in [5, 5.41) is 8.34. The Morgan fingerprint density at radius 1 is 1.47 bits per heavy atom. The van der Waals surface area contributed by atoms with Crippen LogP contribution < -0.4 is 18.9 Å². The molecule has 3 nitrogen and oxygen atoms in total. The van der Waals surface area contributed by atoms with Crippen molar-refractivity contribution in [3.63, 3.8) is 0 Å². The summed E-state index contributed by atoms with van der Waals surface area (Å²) in [4.78, 5) is 13.7. The molecule has 0 saturated carbocycles. The molecule has 0 unspecified atom stereocenters. The van der Waals surface area contributed by atoms with Crippen LogP contribution in [0.2, 0.25) is 0 Å². The van der Waals surface area contributed by atoms with Gasteiger partial charge in [-0.3, -0.25) is 9.78 Å². The second-order valence-electron chi connectivity index (χ2n) is 2.60. The van der Waals surface area contributed by atoms with Crippen LogP contribution in [0, 0.1) is 6.92 Å². The second kappa shape index (κ2) is 8.15. The van der Waals surface area contributed by atoms with E-state index in [0.717, 1.165) is 18.3 Å². The molecule has 0 aliphatic rings. The number of carbonyl (C=O) groups is 1. The zero-order valence-electron chi connectivity index (χ0n) is 9.58. The fraction of sp³-hybridized carbons (Fsp3) is 0.300. The van der Waals surface area contributed by atoms with Gasteiger partial charge in [-0.05, 0) is 12.1 Å². The van der Waals surface area contributed by atoms with Crippen molar-refractivity contribution in [3.8, 4) is 0 Å². The average molecular weight is 241 g/mol. The number of hydrogen-bond acceptors (Lipinski definition) is 2. The summed E-state index contributed by atoms with van der Waals surface area (Å²) in [7, 11) is 0. The Hall–Kier alpha value is -0.993. The molecule has 0 spiro atoms. The number of rotatable bonds is 2. The van der Waals surface area contributed by atoms with E-state index in [0.29, 0.717) is 0 Å². The number of halogens is 3. The van der Waals surface area contributed by atoms with Gasteiger partial charge in [0.15, 0.2) is 0 Å². The van der Waals surface area contributed by atoms with E-state index in [4.69, 9.17) is 5.11 Å². The van der Waals surface area contributed by atoms with Crippen LogP contribution in [-0.2, 0) is 17.4 Å². The minimum atomic E-state index is -4.46. The van der Waals surface area contributed by atoms with Crippen molar-refractivity contribution in [1.82, 2.24) is 4.98 Å². The third kappa shape index (κ3) is 7.03. The molecule has 1 N–H and O–H groups in total. The van der Waals surface area contributed by atoms with Crippen molar-refractivity contribution in [2.24, 2.45) is 0 Å². The van der Waals surface area contributed by atoms with E-state index in [1.54, 1.807) is 6.92 Å². The molecule has 0 aromatic carbocycles. The summed E-state index contributed by atoms with van der Waals surface area (Å²) in [6.45, 7) is 5.00. The van der Waals surface area contributed by atoms with E-state index in [2.05, 4.69) is 11.9 Å². The molecule has 0 saturated heterocycles. The van der Waals surface area contributed by atoms with Crippen LogP contribution in [0.4, 0.5) is 13.2 Å². The van der Waals surface area contributed by atoms with E-state index in [1.807, 2.05) is 0 Å². The molecule has 1 rings (SSSR count). The molecular weight excluding hydrogens is 230 g/mol. The third-order valence-corrected chi connectivity index (χ3v) is 1.48. The van der Waals surface area contributed by atoms with Gasteiger partial charge in [0.25, 0.3) is 0 Å². The van der Waals surface area contributed by atoms with Gasteiger partial charge in [0, 0.05) is 6.20 Å². The Kier molecular flexibility index (Phi) is 8.81. The number of aromatic nitrogens is 1. The molecule has 0 bridgehead atoms. The molecule has 90 valence electrons. The first-order valence-electron chi connectivity index (χ1n) is 4.34. The topological polar surface area (TPSA) is 50.2 Å². The number of alkyl halides is 3. The quantitative estimate of drug-likeness (QED) is 0.564. The molecule has 0 aliphatic carbocycles. The summed E-state index contributed by atoms with van der Waals surface area (Å²) in [5.74, 6) is -1.21. The maximum atomic E-state index is 12.1. The predicted molar refractivity (Wildman–Crippen MR) is 51.6 cm³/mol. The van der Waals surface area contributed by atoms with Crippen molar-refractivity contribution in [1.29, 1.82) is 0 Å². The van der Waals surface area contributed by atoms with Gasteiger partial charge in [-0.2, -0.15) is 20.1 Å². The normalized spacial score (nSPS) is 9.71. The molecule has 0 aliphatic heterocycles. The van der Waals surface area contributed by atoms with Crippen molar-refractivity contribution >= 4 is 5.97 Å². The number of carboxylic acids is 1. The van der Waals surface area contributed by atoms with Gasteiger partial charge in [-0.25, -0.2) is 0 Å². The summed E-state index contributed by atoms with van der Waals surface area (Å²) < 4.78 is 36.4. The van der Waals surface area contributed by atoms with Crippen LogP contribution in [0.15, 0.2) is 18.3 Å². The van der Waals surface area contributed by atoms with Crippen LogP contribution in [0.3, 0.4) is 0 Å². The third-order valence-electron chi connectivity index (χ3n) is 1.48.